The van der Waals surface area contributed by atoms with Gasteiger partial charge in [0.1, 0.15) is 5.75 Å². The van der Waals surface area contributed by atoms with E-state index in [1.165, 1.54) is 18.2 Å². The summed E-state index contributed by atoms with van der Waals surface area (Å²) in [5.41, 5.74) is 0.466. The molecule has 128 valence electrons. The third kappa shape index (κ3) is 6.09. The van der Waals surface area contributed by atoms with Crippen molar-refractivity contribution in [3.63, 3.8) is 0 Å². The van der Waals surface area contributed by atoms with Gasteiger partial charge >= 0.3 is 6.36 Å². The predicted octanol–water partition coefficient (Wildman–Crippen LogP) is 2.80. The minimum absolute atomic E-state index is 0.00891. The quantitative estimate of drug-likeness (QED) is 0.872. The summed E-state index contributed by atoms with van der Waals surface area (Å²) in [6.45, 7) is 0.173. The predicted molar refractivity (Wildman–Crippen MR) is 77.8 cm³/mol. The van der Waals surface area contributed by atoms with E-state index in [-0.39, 0.29) is 30.7 Å². The van der Waals surface area contributed by atoms with Crippen molar-refractivity contribution in [3.05, 3.63) is 29.8 Å². The molecule has 0 saturated heterocycles. The van der Waals surface area contributed by atoms with Crippen LogP contribution in [0.4, 0.5) is 13.2 Å². The minimum Gasteiger partial charge on any atom is -0.406 e. The minimum atomic E-state index is -4.74. The van der Waals surface area contributed by atoms with E-state index in [9.17, 15) is 18.0 Å². The molecule has 2 N–H and O–H groups in total. The summed E-state index contributed by atoms with van der Waals surface area (Å²) in [5, 5.41) is 12.0. The van der Waals surface area contributed by atoms with E-state index in [1.807, 2.05) is 0 Å². The SMILES string of the molecule is O=C(Cc1cccc(OC(F)(F)F)c1)NC1CCC(CO)CC1. The van der Waals surface area contributed by atoms with Crippen LogP contribution in [0.2, 0.25) is 0 Å². The first kappa shape index (κ1) is 17.6. The summed E-state index contributed by atoms with van der Waals surface area (Å²) in [6.07, 6.45) is -1.36. The number of aliphatic hydroxyl groups is 1. The molecule has 23 heavy (non-hydrogen) atoms. The number of benzene rings is 1. The standard InChI is InChI=1S/C16H20F3NO3/c17-16(18,19)23-14-3-1-2-12(8-14)9-15(22)20-13-6-4-11(10-21)5-7-13/h1-3,8,11,13,21H,4-7,9-10H2,(H,20,22). The fraction of sp³-hybridized carbons (Fsp3) is 0.562. The van der Waals surface area contributed by atoms with Gasteiger partial charge < -0.3 is 15.2 Å². The zero-order valence-electron chi connectivity index (χ0n) is 12.6. The van der Waals surface area contributed by atoms with Gasteiger partial charge in [0.15, 0.2) is 0 Å². The summed E-state index contributed by atoms with van der Waals surface area (Å²) in [5.74, 6) is -0.243. The lowest BCUT2D eigenvalue weighted by Crippen LogP contribution is -2.38. The van der Waals surface area contributed by atoms with Crippen molar-refractivity contribution in [2.24, 2.45) is 5.92 Å². The molecule has 0 aromatic heterocycles. The number of ether oxygens (including phenoxy) is 1. The number of amides is 1. The molecule has 1 aromatic rings. The fourth-order valence-corrected chi connectivity index (χ4v) is 2.81. The highest BCUT2D eigenvalue weighted by atomic mass is 19.4. The number of carbonyl (C=O) groups excluding carboxylic acids is 1. The Morgan fingerprint density at radius 2 is 1.96 bits per heavy atom. The summed E-state index contributed by atoms with van der Waals surface area (Å²) in [7, 11) is 0. The van der Waals surface area contributed by atoms with Crippen molar-refractivity contribution in [3.8, 4) is 5.75 Å². The average Bonchev–Trinajstić information content (AvgIpc) is 2.46. The molecule has 0 aliphatic heterocycles. The van der Waals surface area contributed by atoms with Crippen LogP contribution >= 0.6 is 0 Å². The molecule has 1 saturated carbocycles. The molecule has 0 atom stereocenters. The van der Waals surface area contributed by atoms with Crippen LogP contribution in [0.15, 0.2) is 24.3 Å². The second kappa shape index (κ2) is 7.68. The highest BCUT2D eigenvalue weighted by molar-refractivity contribution is 5.79. The number of carbonyl (C=O) groups is 1. The fourth-order valence-electron chi connectivity index (χ4n) is 2.81. The van der Waals surface area contributed by atoms with Gasteiger partial charge in [-0.1, -0.05) is 12.1 Å². The molecule has 0 radical (unpaired) electrons. The summed E-state index contributed by atoms with van der Waals surface area (Å²) >= 11 is 0. The van der Waals surface area contributed by atoms with Crippen LogP contribution in [0.3, 0.4) is 0 Å². The first-order valence-electron chi connectivity index (χ1n) is 7.60. The van der Waals surface area contributed by atoms with Gasteiger partial charge in [0.05, 0.1) is 6.42 Å². The lowest BCUT2D eigenvalue weighted by atomic mass is 9.86. The van der Waals surface area contributed by atoms with Crippen LogP contribution in [0.5, 0.6) is 5.75 Å². The maximum Gasteiger partial charge on any atom is 0.573 e. The number of hydrogen-bond acceptors (Lipinski definition) is 3. The first-order valence-corrected chi connectivity index (χ1v) is 7.60. The Labute approximate surface area is 132 Å². The van der Waals surface area contributed by atoms with Crippen molar-refractivity contribution in [2.75, 3.05) is 6.61 Å². The Hall–Kier alpha value is -1.76. The van der Waals surface area contributed by atoms with Gasteiger partial charge in [-0.05, 0) is 49.3 Å². The highest BCUT2D eigenvalue weighted by Crippen LogP contribution is 2.25. The maximum atomic E-state index is 12.2. The molecule has 7 heteroatoms. The Morgan fingerprint density at radius 1 is 1.26 bits per heavy atom. The lowest BCUT2D eigenvalue weighted by Gasteiger charge is -2.28. The zero-order chi connectivity index (χ0) is 16.9. The van der Waals surface area contributed by atoms with E-state index < -0.39 is 6.36 Å². The molecule has 1 aliphatic carbocycles. The number of halogens is 3. The number of aliphatic hydroxyl groups excluding tert-OH is 1. The molecular weight excluding hydrogens is 311 g/mol. The number of rotatable bonds is 5. The van der Waals surface area contributed by atoms with Crippen molar-refractivity contribution in [1.82, 2.24) is 5.32 Å². The first-order chi connectivity index (χ1) is 10.9. The maximum absolute atomic E-state index is 12.2. The third-order valence-electron chi connectivity index (χ3n) is 3.97. The summed E-state index contributed by atoms with van der Waals surface area (Å²) < 4.78 is 40.4. The Morgan fingerprint density at radius 3 is 2.57 bits per heavy atom. The molecule has 1 fully saturated rings. The van der Waals surface area contributed by atoms with E-state index in [1.54, 1.807) is 6.07 Å². The van der Waals surface area contributed by atoms with E-state index in [2.05, 4.69) is 10.1 Å². The molecule has 0 spiro atoms. The largest absolute Gasteiger partial charge is 0.573 e. The van der Waals surface area contributed by atoms with Crippen LogP contribution < -0.4 is 10.1 Å². The van der Waals surface area contributed by atoms with Gasteiger partial charge in [0.25, 0.3) is 0 Å². The van der Waals surface area contributed by atoms with Gasteiger partial charge in [-0.15, -0.1) is 13.2 Å². The number of alkyl halides is 3. The van der Waals surface area contributed by atoms with Gasteiger partial charge in [-0.25, -0.2) is 0 Å². The highest BCUT2D eigenvalue weighted by Gasteiger charge is 2.31. The Kier molecular flexibility index (Phi) is 5.87. The smallest absolute Gasteiger partial charge is 0.406 e. The van der Waals surface area contributed by atoms with Crippen LogP contribution in [0.1, 0.15) is 31.2 Å². The van der Waals surface area contributed by atoms with Crippen LogP contribution in [-0.4, -0.2) is 30.0 Å². The molecule has 4 nitrogen and oxygen atoms in total. The van der Waals surface area contributed by atoms with Crippen LogP contribution in [0.25, 0.3) is 0 Å². The number of hydrogen-bond donors (Lipinski definition) is 2. The Balaban J connectivity index is 1.84. The third-order valence-corrected chi connectivity index (χ3v) is 3.97. The second-order valence-corrected chi connectivity index (χ2v) is 5.84. The monoisotopic (exact) mass is 331 g/mol. The van der Waals surface area contributed by atoms with E-state index in [0.717, 1.165) is 25.7 Å². The van der Waals surface area contributed by atoms with Crippen molar-refractivity contribution < 1.29 is 27.8 Å². The molecule has 1 aliphatic rings. The van der Waals surface area contributed by atoms with Gasteiger partial charge in [0.2, 0.25) is 5.91 Å². The zero-order valence-corrected chi connectivity index (χ0v) is 12.6. The molecule has 1 aromatic carbocycles. The van der Waals surface area contributed by atoms with Crippen molar-refractivity contribution in [1.29, 1.82) is 0 Å². The Bertz CT molecular complexity index is 526. The number of nitrogens with one attached hydrogen (secondary N) is 1. The molecule has 0 bridgehead atoms. The molecular formula is C16H20F3NO3. The lowest BCUT2D eigenvalue weighted by molar-refractivity contribution is -0.274. The van der Waals surface area contributed by atoms with Crippen LogP contribution in [0, 0.1) is 5.92 Å². The van der Waals surface area contributed by atoms with Gasteiger partial charge in [0, 0.05) is 12.6 Å². The van der Waals surface area contributed by atoms with E-state index >= 15 is 0 Å². The van der Waals surface area contributed by atoms with Gasteiger partial charge in [-0.2, -0.15) is 0 Å². The van der Waals surface area contributed by atoms with Crippen LogP contribution in [-0.2, 0) is 11.2 Å². The average molecular weight is 331 g/mol. The van der Waals surface area contributed by atoms with E-state index in [4.69, 9.17) is 5.11 Å². The normalized spacial score (nSPS) is 21.7. The molecule has 1 amide bonds. The van der Waals surface area contributed by atoms with Crippen molar-refractivity contribution in [2.45, 2.75) is 44.5 Å². The second-order valence-electron chi connectivity index (χ2n) is 5.84. The summed E-state index contributed by atoms with van der Waals surface area (Å²) in [4.78, 5) is 12.0. The molecule has 2 rings (SSSR count). The molecule has 0 heterocycles. The van der Waals surface area contributed by atoms with Gasteiger partial charge in [-0.3, -0.25) is 4.79 Å². The van der Waals surface area contributed by atoms with Crippen molar-refractivity contribution >= 4 is 5.91 Å². The topological polar surface area (TPSA) is 58.6 Å². The van der Waals surface area contributed by atoms with E-state index in [0.29, 0.717) is 11.5 Å². The molecule has 0 unspecified atom stereocenters. The summed E-state index contributed by atoms with van der Waals surface area (Å²) in [6, 6.07) is 5.50.